The van der Waals surface area contributed by atoms with Gasteiger partial charge in [0.25, 0.3) is 5.91 Å². The van der Waals surface area contributed by atoms with Gasteiger partial charge in [0, 0.05) is 24.8 Å². The van der Waals surface area contributed by atoms with Crippen LogP contribution in [-0.2, 0) is 0 Å². The summed E-state index contributed by atoms with van der Waals surface area (Å²) in [6.45, 7) is 5.43. The van der Waals surface area contributed by atoms with Gasteiger partial charge >= 0.3 is 0 Å². The molecule has 17 heavy (non-hydrogen) atoms. The molecule has 0 aliphatic rings. The van der Waals surface area contributed by atoms with Gasteiger partial charge in [-0.2, -0.15) is 0 Å². The Kier molecular flexibility index (Phi) is 5.53. The molecule has 0 aromatic heterocycles. The number of carbonyl (C=O) groups excluding carboxylic acids is 1. The Morgan fingerprint density at radius 3 is 2.47 bits per heavy atom. The third kappa shape index (κ3) is 4.47. The number of anilines is 1. The van der Waals surface area contributed by atoms with Crippen LogP contribution in [0.2, 0.25) is 0 Å². The van der Waals surface area contributed by atoms with Crippen LogP contribution >= 0.6 is 0 Å². The zero-order valence-electron chi connectivity index (χ0n) is 10.9. The highest BCUT2D eigenvalue weighted by molar-refractivity contribution is 5.94. The van der Waals surface area contributed by atoms with Gasteiger partial charge in [0.2, 0.25) is 0 Å². The van der Waals surface area contributed by atoms with Crippen LogP contribution in [0.15, 0.2) is 24.3 Å². The van der Waals surface area contributed by atoms with Gasteiger partial charge in [0.1, 0.15) is 0 Å². The maximum atomic E-state index is 11.3. The Labute approximate surface area is 104 Å². The first-order valence-electron chi connectivity index (χ1n) is 6.23. The summed E-state index contributed by atoms with van der Waals surface area (Å²) in [5, 5.41) is 5.99. The second-order valence-electron chi connectivity index (χ2n) is 4.43. The molecule has 0 heterocycles. The van der Waals surface area contributed by atoms with E-state index >= 15 is 0 Å². The van der Waals surface area contributed by atoms with Crippen molar-refractivity contribution < 1.29 is 4.79 Å². The van der Waals surface area contributed by atoms with Crippen LogP contribution in [0.5, 0.6) is 0 Å². The first-order valence-corrected chi connectivity index (χ1v) is 6.23. The minimum absolute atomic E-state index is 0.0455. The molecule has 3 heteroatoms. The van der Waals surface area contributed by atoms with Crippen LogP contribution in [0.1, 0.15) is 37.0 Å². The van der Waals surface area contributed by atoms with Crippen LogP contribution < -0.4 is 10.6 Å². The molecule has 1 unspecified atom stereocenters. The van der Waals surface area contributed by atoms with Crippen molar-refractivity contribution in [2.24, 2.45) is 5.92 Å². The zero-order valence-corrected chi connectivity index (χ0v) is 10.9. The Bertz CT molecular complexity index is 346. The highest BCUT2D eigenvalue weighted by Crippen LogP contribution is 2.12. The molecule has 1 aromatic carbocycles. The standard InChI is InChI=1S/C14H22N2O/c1-4-5-11(2)10-16-13-8-6-12(7-9-13)14(17)15-3/h6-9,11,16H,4-5,10H2,1-3H3,(H,15,17). The topological polar surface area (TPSA) is 41.1 Å². The number of nitrogens with one attached hydrogen (secondary N) is 2. The molecule has 0 aliphatic carbocycles. The van der Waals surface area contributed by atoms with Gasteiger partial charge in [-0.05, 0) is 36.6 Å². The molecule has 1 amide bonds. The second-order valence-corrected chi connectivity index (χ2v) is 4.43. The number of benzene rings is 1. The third-order valence-electron chi connectivity index (χ3n) is 2.81. The molecule has 0 saturated heterocycles. The van der Waals surface area contributed by atoms with Gasteiger partial charge in [-0.15, -0.1) is 0 Å². The molecule has 0 fully saturated rings. The van der Waals surface area contributed by atoms with E-state index in [0.717, 1.165) is 12.2 Å². The summed E-state index contributed by atoms with van der Waals surface area (Å²) in [6, 6.07) is 7.57. The maximum absolute atomic E-state index is 11.3. The highest BCUT2D eigenvalue weighted by atomic mass is 16.1. The minimum atomic E-state index is -0.0455. The van der Waals surface area contributed by atoms with E-state index in [1.807, 2.05) is 24.3 Å². The summed E-state index contributed by atoms with van der Waals surface area (Å²) in [5.41, 5.74) is 1.76. The molecule has 3 nitrogen and oxygen atoms in total. The van der Waals surface area contributed by atoms with Crippen LogP contribution in [0.3, 0.4) is 0 Å². The van der Waals surface area contributed by atoms with E-state index < -0.39 is 0 Å². The lowest BCUT2D eigenvalue weighted by molar-refractivity contribution is 0.0963. The molecule has 0 saturated carbocycles. The predicted molar refractivity (Wildman–Crippen MR) is 72.4 cm³/mol. The van der Waals surface area contributed by atoms with Gasteiger partial charge in [-0.1, -0.05) is 20.3 Å². The van der Waals surface area contributed by atoms with Crippen molar-refractivity contribution in [3.63, 3.8) is 0 Å². The molecule has 1 atom stereocenters. The second kappa shape index (κ2) is 6.94. The number of hydrogen-bond donors (Lipinski definition) is 2. The predicted octanol–water partition coefficient (Wildman–Crippen LogP) is 2.89. The monoisotopic (exact) mass is 234 g/mol. The van der Waals surface area contributed by atoms with E-state index in [1.165, 1.54) is 12.8 Å². The first kappa shape index (κ1) is 13.6. The van der Waals surface area contributed by atoms with Crippen LogP contribution in [-0.4, -0.2) is 19.5 Å². The zero-order chi connectivity index (χ0) is 12.7. The summed E-state index contributed by atoms with van der Waals surface area (Å²) < 4.78 is 0. The lowest BCUT2D eigenvalue weighted by Gasteiger charge is -2.12. The maximum Gasteiger partial charge on any atom is 0.251 e. The Morgan fingerprint density at radius 1 is 1.29 bits per heavy atom. The molecule has 0 aliphatic heterocycles. The van der Waals surface area contributed by atoms with Crippen molar-refractivity contribution in [1.82, 2.24) is 5.32 Å². The van der Waals surface area contributed by atoms with E-state index in [-0.39, 0.29) is 5.91 Å². The van der Waals surface area contributed by atoms with Crippen molar-refractivity contribution >= 4 is 11.6 Å². The molecular formula is C14H22N2O. The Hall–Kier alpha value is -1.51. The number of amides is 1. The van der Waals surface area contributed by atoms with Crippen LogP contribution in [0.25, 0.3) is 0 Å². The molecule has 1 rings (SSSR count). The fourth-order valence-corrected chi connectivity index (χ4v) is 1.77. The van der Waals surface area contributed by atoms with Gasteiger partial charge in [-0.3, -0.25) is 4.79 Å². The number of rotatable bonds is 6. The minimum Gasteiger partial charge on any atom is -0.385 e. The van der Waals surface area contributed by atoms with Crippen molar-refractivity contribution in [2.45, 2.75) is 26.7 Å². The van der Waals surface area contributed by atoms with Crippen molar-refractivity contribution in [3.8, 4) is 0 Å². The van der Waals surface area contributed by atoms with E-state index in [9.17, 15) is 4.79 Å². The molecule has 0 bridgehead atoms. The van der Waals surface area contributed by atoms with Gasteiger partial charge in [0.15, 0.2) is 0 Å². The lowest BCUT2D eigenvalue weighted by atomic mass is 10.1. The van der Waals surface area contributed by atoms with Gasteiger partial charge in [-0.25, -0.2) is 0 Å². The summed E-state index contributed by atoms with van der Waals surface area (Å²) >= 11 is 0. The molecule has 0 spiro atoms. The molecule has 0 radical (unpaired) electrons. The average Bonchev–Trinajstić information content (AvgIpc) is 2.36. The first-order chi connectivity index (χ1) is 8.17. The number of carbonyl (C=O) groups is 1. The lowest BCUT2D eigenvalue weighted by Crippen LogP contribution is -2.17. The largest absolute Gasteiger partial charge is 0.385 e. The molecule has 1 aromatic rings. The van der Waals surface area contributed by atoms with E-state index in [1.54, 1.807) is 7.05 Å². The quantitative estimate of drug-likeness (QED) is 0.794. The number of hydrogen-bond acceptors (Lipinski definition) is 2. The molecule has 94 valence electrons. The molecular weight excluding hydrogens is 212 g/mol. The summed E-state index contributed by atoms with van der Waals surface area (Å²) in [5.74, 6) is 0.634. The Balaban J connectivity index is 2.48. The van der Waals surface area contributed by atoms with E-state index in [2.05, 4.69) is 24.5 Å². The smallest absolute Gasteiger partial charge is 0.251 e. The van der Waals surface area contributed by atoms with E-state index in [4.69, 9.17) is 0 Å². The van der Waals surface area contributed by atoms with Gasteiger partial charge < -0.3 is 10.6 Å². The summed E-state index contributed by atoms with van der Waals surface area (Å²) in [7, 11) is 1.64. The third-order valence-corrected chi connectivity index (χ3v) is 2.81. The fourth-order valence-electron chi connectivity index (χ4n) is 1.77. The van der Waals surface area contributed by atoms with Crippen molar-refractivity contribution in [2.75, 3.05) is 18.9 Å². The Morgan fingerprint density at radius 2 is 1.94 bits per heavy atom. The fraction of sp³-hybridized carbons (Fsp3) is 0.500. The van der Waals surface area contributed by atoms with Crippen molar-refractivity contribution in [3.05, 3.63) is 29.8 Å². The van der Waals surface area contributed by atoms with Crippen LogP contribution in [0, 0.1) is 5.92 Å². The van der Waals surface area contributed by atoms with Gasteiger partial charge in [0.05, 0.1) is 0 Å². The SMILES string of the molecule is CCCC(C)CNc1ccc(C(=O)NC)cc1. The average molecular weight is 234 g/mol. The van der Waals surface area contributed by atoms with Crippen molar-refractivity contribution in [1.29, 1.82) is 0 Å². The molecule has 2 N–H and O–H groups in total. The highest BCUT2D eigenvalue weighted by Gasteiger charge is 2.03. The summed E-state index contributed by atoms with van der Waals surface area (Å²) in [4.78, 5) is 11.3. The van der Waals surface area contributed by atoms with E-state index in [0.29, 0.717) is 11.5 Å². The summed E-state index contributed by atoms with van der Waals surface area (Å²) in [6.07, 6.45) is 2.46. The van der Waals surface area contributed by atoms with Crippen LogP contribution in [0.4, 0.5) is 5.69 Å². The normalized spacial score (nSPS) is 11.9.